The topological polar surface area (TPSA) is 65.3 Å². The Hall–Kier alpha value is -3.28. The van der Waals surface area contributed by atoms with E-state index in [1.165, 1.54) is 10.0 Å². The van der Waals surface area contributed by atoms with Crippen molar-refractivity contribution in [2.75, 3.05) is 10.0 Å². The molecule has 27 heavy (non-hydrogen) atoms. The Morgan fingerprint density at radius 3 is 1.44 bits per heavy atom. The molecule has 2 amide bonds. The third-order valence-electron chi connectivity index (χ3n) is 5.99. The molecule has 1 saturated carbocycles. The lowest BCUT2D eigenvalue weighted by molar-refractivity contribution is -0.126. The Morgan fingerprint density at radius 1 is 0.704 bits per heavy atom. The molecular weight excluding hydrogens is 340 g/mol. The van der Waals surface area contributed by atoms with Crippen LogP contribution >= 0.6 is 0 Å². The number of benzene rings is 2. The van der Waals surface area contributed by atoms with Gasteiger partial charge in [0.05, 0.1) is 22.8 Å². The smallest absolute Gasteiger partial charge is 0.260 e. The Bertz CT molecular complexity index is 947. The first-order chi connectivity index (χ1) is 13.0. The number of amides is 2. The summed E-state index contributed by atoms with van der Waals surface area (Å²) in [5.74, 6) is -0.298. The summed E-state index contributed by atoms with van der Waals surface area (Å²) in [6, 6.07) is 18.6. The number of para-hydroxylation sites is 2. The van der Waals surface area contributed by atoms with Crippen molar-refractivity contribution in [3.63, 3.8) is 0 Å². The Balaban J connectivity index is 1.54. The first-order valence-electron chi connectivity index (χ1n) is 8.93. The van der Waals surface area contributed by atoms with Crippen molar-refractivity contribution in [1.82, 2.24) is 0 Å². The van der Waals surface area contributed by atoms with Gasteiger partial charge < -0.3 is 0 Å². The van der Waals surface area contributed by atoms with E-state index in [0.717, 1.165) is 0 Å². The van der Waals surface area contributed by atoms with Crippen molar-refractivity contribution in [3.05, 3.63) is 60.7 Å². The highest BCUT2D eigenvalue weighted by Crippen LogP contribution is 2.70. The van der Waals surface area contributed by atoms with E-state index >= 15 is 0 Å². The quantitative estimate of drug-likeness (QED) is 0.827. The maximum absolute atomic E-state index is 13.4. The van der Waals surface area contributed by atoms with Gasteiger partial charge >= 0.3 is 0 Å². The zero-order chi connectivity index (χ0) is 18.8. The standard InChI is InChI=1S/C21H18N4O2/c1-14-20(18(26)24(22-14)16-9-5-3-6-10-16)13-21(20)15(2)23-25(19(21)27)17-11-7-4-8-12-17/h3-12H,13H2,1-2H3/t20-,21+. The zero-order valence-corrected chi connectivity index (χ0v) is 15.1. The molecule has 1 fully saturated rings. The Morgan fingerprint density at radius 2 is 1.07 bits per heavy atom. The second kappa shape index (κ2) is 5.13. The summed E-state index contributed by atoms with van der Waals surface area (Å²) in [7, 11) is 0. The van der Waals surface area contributed by atoms with Gasteiger partial charge in [-0.1, -0.05) is 36.4 Å². The molecule has 3 aliphatic rings. The minimum absolute atomic E-state index is 0.149. The fraction of sp³-hybridized carbons (Fsp3) is 0.238. The predicted molar refractivity (Wildman–Crippen MR) is 104 cm³/mol. The minimum Gasteiger partial charge on any atom is -0.271 e. The molecule has 2 aliphatic heterocycles. The zero-order valence-electron chi connectivity index (χ0n) is 15.1. The number of fused-ring (bicyclic) bond motifs is 1. The molecule has 0 bridgehead atoms. The molecule has 2 spiro atoms. The molecule has 2 aromatic rings. The van der Waals surface area contributed by atoms with Crippen LogP contribution in [0.3, 0.4) is 0 Å². The molecule has 134 valence electrons. The Labute approximate surface area is 156 Å². The van der Waals surface area contributed by atoms with Gasteiger partial charge in [-0.15, -0.1) is 0 Å². The summed E-state index contributed by atoms with van der Waals surface area (Å²) < 4.78 is 0. The van der Waals surface area contributed by atoms with Gasteiger partial charge in [-0.05, 0) is 44.5 Å². The van der Waals surface area contributed by atoms with Gasteiger partial charge in [-0.3, -0.25) is 9.59 Å². The van der Waals surface area contributed by atoms with Crippen LogP contribution in [-0.2, 0) is 9.59 Å². The van der Waals surface area contributed by atoms with E-state index in [4.69, 9.17) is 0 Å². The third kappa shape index (κ3) is 1.79. The van der Waals surface area contributed by atoms with Gasteiger partial charge in [0.1, 0.15) is 10.8 Å². The second-order valence-electron chi connectivity index (χ2n) is 7.26. The molecule has 0 aromatic heterocycles. The van der Waals surface area contributed by atoms with Crippen LogP contribution in [0, 0.1) is 10.8 Å². The summed E-state index contributed by atoms with van der Waals surface area (Å²) in [5, 5.41) is 11.9. The van der Waals surface area contributed by atoms with Gasteiger partial charge in [-0.25, -0.2) is 0 Å². The van der Waals surface area contributed by atoms with Crippen LogP contribution in [0.1, 0.15) is 20.3 Å². The van der Waals surface area contributed by atoms with E-state index in [-0.39, 0.29) is 11.8 Å². The molecule has 0 unspecified atom stereocenters. The lowest BCUT2D eigenvalue weighted by Gasteiger charge is -2.19. The van der Waals surface area contributed by atoms with Gasteiger partial charge in [0.2, 0.25) is 0 Å². The fourth-order valence-corrected chi connectivity index (χ4v) is 4.46. The molecular formula is C21H18N4O2. The number of hydrogen-bond acceptors (Lipinski definition) is 4. The molecule has 1 aliphatic carbocycles. The summed E-state index contributed by atoms with van der Waals surface area (Å²) in [4.78, 5) is 26.8. The van der Waals surface area contributed by atoms with Gasteiger partial charge in [0, 0.05) is 0 Å². The number of hydrogen-bond donors (Lipinski definition) is 0. The molecule has 5 rings (SSSR count). The molecule has 0 radical (unpaired) electrons. The van der Waals surface area contributed by atoms with E-state index in [9.17, 15) is 9.59 Å². The van der Waals surface area contributed by atoms with Crippen molar-refractivity contribution in [2.45, 2.75) is 20.3 Å². The monoisotopic (exact) mass is 358 g/mol. The van der Waals surface area contributed by atoms with E-state index in [2.05, 4.69) is 10.2 Å². The number of carbonyl (C=O) groups is 2. The van der Waals surface area contributed by atoms with Crippen LogP contribution in [0.5, 0.6) is 0 Å². The molecule has 0 saturated heterocycles. The number of anilines is 2. The summed E-state index contributed by atoms with van der Waals surface area (Å²) >= 11 is 0. The molecule has 0 N–H and O–H groups in total. The highest BCUT2D eigenvalue weighted by molar-refractivity contribution is 6.35. The molecule has 2 atom stereocenters. The SMILES string of the molecule is CC1=NN(c2ccccc2)C(=O)[C@@]12C[C@]21C(=O)N(c2ccccc2)N=C1C. The van der Waals surface area contributed by atoms with Crippen LogP contribution < -0.4 is 10.0 Å². The van der Waals surface area contributed by atoms with Crippen molar-refractivity contribution < 1.29 is 9.59 Å². The largest absolute Gasteiger partial charge is 0.271 e. The first-order valence-corrected chi connectivity index (χ1v) is 8.93. The van der Waals surface area contributed by atoms with Gasteiger partial charge in [-0.2, -0.15) is 20.2 Å². The number of rotatable bonds is 2. The summed E-state index contributed by atoms with van der Waals surface area (Å²) in [6.45, 7) is 3.67. The fourth-order valence-electron chi connectivity index (χ4n) is 4.46. The molecule has 6 heteroatoms. The van der Waals surface area contributed by atoms with Crippen LogP contribution in [0.2, 0.25) is 0 Å². The maximum atomic E-state index is 13.4. The molecule has 2 heterocycles. The van der Waals surface area contributed by atoms with Crippen molar-refractivity contribution >= 4 is 34.6 Å². The lowest BCUT2D eigenvalue weighted by atomic mass is 9.85. The molecule has 6 nitrogen and oxygen atoms in total. The third-order valence-corrected chi connectivity index (χ3v) is 5.99. The van der Waals surface area contributed by atoms with Crippen LogP contribution in [0.15, 0.2) is 70.9 Å². The second-order valence-corrected chi connectivity index (χ2v) is 7.26. The van der Waals surface area contributed by atoms with Crippen LogP contribution in [0.25, 0.3) is 0 Å². The minimum atomic E-state index is -0.920. The van der Waals surface area contributed by atoms with Crippen molar-refractivity contribution in [1.29, 1.82) is 0 Å². The van der Waals surface area contributed by atoms with Gasteiger partial charge in [0.15, 0.2) is 0 Å². The summed E-state index contributed by atoms with van der Waals surface area (Å²) in [5.41, 5.74) is 0.929. The number of nitrogens with zero attached hydrogens (tertiary/aromatic N) is 4. The van der Waals surface area contributed by atoms with Crippen LogP contribution in [-0.4, -0.2) is 23.2 Å². The predicted octanol–water partition coefficient (Wildman–Crippen LogP) is 3.21. The average molecular weight is 358 g/mol. The van der Waals surface area contributed by atoms with E-state index in [1.807, 2.05) is 74.5 Å². The van der Waals surface area contributed by atoms with Gasteiger partial charge in [0.25, 0.3) is 11.8 Å². The highest BCUT2D eigenvalue weighted by atomic mass is 16.2. The normalized spacial score (nSPS) is 29.0. The highest BCUT2D eigenvalue weighted by Gasteiger charge is 2.83. The number of carbonyl (C=O) groups excluding carboxylic acids is 2. The maximum Gasteiger partial charge on any atom is 0.260 e. The molecule has 2 aromatic carbocycles. The van der Waals surface area contributed by atoms with E-state index < -0.39 is 10.8 Å². The van der Waals surface area contributed by atoms with Crippen molar-refractivity contribution in [2.24, 2.45) is 21.0 Å². The average Bonchev–Trinajstić information content (AvgIpc) is 3.29. The summed E-state index contributed by atoms with van der Waals surface area (Å²) in [6.07, 6.45) is 0.426. The number of hydrazone groups is 2. The van der Waals surface area contributed by atoms with E-state index in [0.29, 0.717) is 29.2 Å². The first kappa shape index (κ1) is 15.9. The lowest BCUT2D eigenvalue weighted by Crippen LogP contribution is -2.40. The Kier molecular flexibility index (Phi) is 3.03. The van der Waals surface area contributed by atoms with Crippen LogP contribution in [0.4, 0.5) is 11.4 Å². The van der Waals surface area contributed by atoms with Crippen molar-refractivity contribution in [3.8, 4) is 0 Å². The van der Waals surface area contributed by atoms with E-state index in [1.54, 1.807) is 0 Å².